The van der Waals surface area contributed by atoms with Crippen molar-refractivity contribution in [1.29, 1.82) is 0 Å². The molecule has 6 nitrogen and oxygen atoms in total. The van der Waals surface area contributed by atoms with Crippen molar-refractivity contribution < 1.29 is 13.5 Å². The Labute approximate surface area is 141 Å². The highest BCUT2D eigenvalue weighted by atomic mass is 19.2. The molecule has 0 aliphatic heterocycles. The highest BCUT2D eigenvalue weighted by Crippen LogP contribution is 2.32. The van der Waals surface area contributed by atoms with E-state index in [9.17, 15) is 13.6 Å². The molecule has 1 N–H and O–H groups in total. The Hall–Kier alpha value is -3.21. The van der Waals surface area contributed by atoms with Gasteiger partial charge < -0.3 is 4.74 Å². The van der Waals surface area contributed by atoms with Gasteiger partial charge in [-0.1, -0.05) is 25.8 Å². The van der Waals surface area contributed by atoms with E-state index in [1.54, 1.807) is 0 Å². The molecule has 2 heterocycles. The number of aromatic nitrogens is 4. The number of aromatic amines is 1. The standard InChI is InChI=1S/C17H14F2N4O2/c1-4-7-25-16-20-15-13(10-5-6-11(18)12(19)8-10)14(9(2)3)22-23(15)17(24)21-16/h1,5-6,8-9H,7H2,2-3H3,(H,20,21,24). The maximum atomic E-state index is 13.7. The van der Waals surface area contributed by atoms with Crippen molar-refractivity contribution in [2.45, 2.75) is 19.8 Å². The van der Waals surface area contributed by atoms with Gasteiger partial charge in [0.25, 0.3) is 0 Å². The highest BCUT2D eigenvalue weighted by Gasteiger charge is 2.21. The third-order valence-electron chi connectivity index (χ3n) is 3.55. The number of fused-ring (bicyclic) bond motifs is 1. The van der Waals surface area contributed by atoms with E-state index in [1.807, 2.05) is 13.8 Å². The minimum atomic E-state index is -1.000. The van der Waals surface area contributed by atoms with Crippen molar-refractivity contribution in [3.05, 3.63) is 46.0 Å². The van der Waals surface area contributed by atoms with Crippen molar-refractivity contribution in [1.82, 2.24) is 19.6 Å². The van der Waals surface area contributed by atoms with Gasteiger partial charge in [0.2, 0.25) is 0 Å². The minimum Gasteiger partial charge on any atom is -0.451 e. The van der Waals surface area contributed by atoms with Crippen LogP contribution in [0.1, 0.15) is 25.5 Å². The van der Waals surface area contributed by atoms with Gasteiger partial charge in [-0.05, 0) is 23.6 Å². The number of hydrogen-bond acceptors (Lipinski definition) is 4. The Balaban J connectivity index is 2.32. The first-order chi connectivity index (χ1) is 11.9. The van der Waals surface area contributed by atoms with Gasteiger partial charge in [-0.25, -0.2) is 13.6 Å². The van der Waals surface area contributed by atoms with Crippen molar-refractivity contribution >= 4 is 5.65 Å². The summed E-state index contributed by atoms with van der Waals surface area (Å²) < 4.78 is 33.2. The number of nitrogens with one attached hydrogen (secondary N) is 1. The molecular formula is C17H14F2N4O2. The van der Waals surface area contributed by atoms with Gasteiger partial charge in [0.1, 0.15) is 0 Å². The minimum absolute atomic E-state index is 0.0745. The lowest BCUT2D eigenvalue weighted by Crippen LogP contribution is -2.20. The average Bonchev–Trinajstić information content (AvgIpc) is 2.96. The molecule has 8 heteroatoms. The molecule has 1 aromatic carbocycles. The van der Waals surface area contributed by atoms with Crippen LogP contribution in [0.4, 0.5) is 8.78 Å². The summed E-state index contributed by atoms with van der Waals surface area (Å²) in [6, 6.07) is 3.39. The van der Waals surface area contributed by atoms with Crippen LogP contribution in [0.5, 0.6) is 6.01 Å². The molecule has 0 aliphatic rings. The zero-order chi connectivity index (χ0) is 18.1. The van der Waals surface area contributed by atoms with Crippen LogP contribution in [0.25, 0.3) is 16.8 Å². The number of hydrogen-bond donors (Lipinski definition) is 1. The number of rotatable bonds is 4. The van der Waals surface area contributed by atoms with Gasteiger partial charge >= 0.3 is 11.7 Å². The van der Waals surface area contributed by atoms with E-state index in [-0.39, 0.29) is 24.2 Å². The molecule has 2 aromatic heterocycles. The van der Waals surface area contributed by atoms with Crippen LogP contribution in [-0.2, 0) is 0 Å². The number of halogens is 2. The lowest BCUT2D eigenvalue weighted by Gasteiger charge is -2.06. The molecule has 0 saturated carbocycles. The fraction of sp³-hybridized carbons (Fsp3) is 0.235. The highest BCUT2D eigenvalue weighted by molar-refractivity contribution is 5.80. The molecule has 0 atom stereocenters. The van der Waals surface area contributed by atoms with Crippen molar-refractivity contribution in [2.75, 3.05) is 6.61 Å². The number of nitrogens with zero attached hydrogens (tertiary/aromatic N) is 3. The van der Waals surface area contributed by atoms with Crippen LogP contribution in [0.15, 0.2) is 23.0 Å². The Morgan fingerprint density at radius 1 is 1.36 bits per heavy atom. The van der Waals surface area contributed by atoms with Crippen LogP contribution < -0.4 is 10.4 Å². The summed E-state index contributed by atoms with van der Waals surface area (Å²) in [4.78, 5) is 18.9. The lowest BCUT2D eigenvalue weighted by atomic mass is 9.99. The van der Waals surface area contributed by atoms with E-state index in [4.69, 9.17) is 11.2 Å². The average molecular weight is 344 g/mol. The van der Waals surface area contributed by atoms with E-state index < -0.39 is 17.3 Å². The summed E-state index contributed by atoms with van der Waals surface area (Å²) in [5.74, 6) is 0.223. The molecule has 25 heavy (non-hydrogen) atoms. The number of H-pyrrole nitrogens is 1. The summed E-state index contributed by atoms with van der Waals surface area (Å²) >= 11 is 0. The first-order valence-corrected chi connectivity index (χ1v) is 7.47. The lowest BCUT2D eigenvalue weighted by molar-refractivity contribution is 0.337. The fourth-order valence-electron chi connectivity index (χ4n) is 2.45. The van der Waals surface area contributed by atoms with E-state index in [0.29, 0.717) is 16.8 Å². The number of ether oxygens (including phenoxy) is 1. The first-order valence-electron chi connectivity index (χ1n) is 7.47. The summed E-state index contributed by atoms with van der Waals surface area (Å²) in [5, 5.41) is 4.26. The number of terminal acetylenes is 1. The second-order valence-electron chi connectivity index (χ2n) is 5.62. The normalized spacial score (nSPS) is 11.0. The van der Waals surface area contributed by atoms with E-state index in [1.165, 1.54) is 6.07 Å². The Morgan fingerprint density at radius 2 is 2.12 bits per heavy atom. The quantitative estimate of drug-likeness (QED) is 0.738. The van der Waals surface area contributed by atoms with E-state index >= 15 is 0 Å². The molecular weight excluding hydrogens is 330 g/mol. The van der Waals surface area contributed by atoms with Gasteiger partial charge in [0.15, 0.2) is 23.9 Å². The smallest absolute Gasteiger partial charge is 0.352 e. The predicted molar refractivity (Wildman–Crippen MR) is 87.4 cm³/mol. The third kappa shape index (κ3) is 2.96. The van der Waals surface area contributed by atoms with Gasteiger partial charge in [-0.2, -0.15) is 14.6 Å². The molecule has 0 fully saturated rings. The molecule has 3 aromatic rings. The van der Waals surface area contributed by atoms with E-state index in [2.05, 4.69) is 21.0 Å². The van der Waals surface area contributed by atoms with Crippen LogP contribution in [-0.4, -0.2) is 26.2 Å². The Bertz CT molecular complexity index is 1050. The van der Waals surface area contributed by atoms with Gasteiger partial charge in [0, 0.05) is 0 Å². The zero-order valence-corrected chi connectivity index (χ0v) is 13.5. The van der Waals surface area contributed by atoms with Gasteiger partial charge in [-0.3, -0.25) is 4.98 Å². The van der Waals surface area contributed by atoms with E-state index in [0.717, 1.165) is 16.6 Å². The molecule has 0 radical (unpaired) electrons. The summed E-state index contributed by atoms with van der Waals surface area (Å²) in [5.41, 5.74) is 0.917. The Kier molecular flexibility index (Phi) is 4.23. The van der Waals surface area contributed by atoms with Crippen LogP contribution >= 0.6 is 0 Å². The predicted octanol–water partition coefficient (Wildman–Crippen LogP) is 2.50. The molecule has 0 aliphatic carbocycles. The first kappa shape index (κ1) is 16.6. The number of benzene rings is 1. The monoisotopic (exact) mass is 344 g/mol. The molecule has 0 unspecified atom stereocenters. The third-order valence-corrected chi connectivity index (χ3v) is 3.55. The molecule has 0 saturated heterocycles. The Morgan fingerprint density at radius 3 is 2.76 bits per heavy atom. The topological polar surface area (TPSA) is 72.3 Å². The molecule has 128 valence electrons. The summed E-state index contributed by atoms with van der Waals surface area (Å²) in [7, 11) is 0. The molecule has 3 rings (SSSR count). The van der Waals surface area contributed by atoms with Gasteiger partial charge in [0.05, 0.1) is 11.3 Å². The molecule has 0 bridgehead atoms. The van der Waals surface area contributed by atoms with Crippen LogP contribution in [0.2, 0.25) is 0 Å². The van der Waals surface area contributed by atoms with Crippen molar-refractivity contribution in [3.8, 4) is 29.5 Å². The largest absolute Gasteiger partial charge is 0.451 e. The van der Waals surface area contributed by atoms with Gasteiger partial charge in [-0.15, -0.1) is 6.42 Å². The molecule has 0 spiro atoms. The summed E-state index contributed by atoms with van der Waals surface area (Å²) in [6.07, 6.45) is 5.13. The molecule has 0 amide bonds. The maximum Gasteiger partial charge on any atom is 0.352 e. The second-order valence-corrected chi connectivity index (χ2v) is 5.62. The van der Waals surface area contributed by atoms with Crippen LogP contribution in [0.3, 0.4) is 0 Å². The zero-order valence-electron chi connectivity index (χ0n) is 13.5. The van der Waals surface area contributed by atoms with Crippen molar-refractivity contribution in [2.24, 2.45) is 0 Å². The summed E-state index contributed by atoms with van der Waals surface area (Å²) in [6.45, 7) is 3.66. The SMILES string of the molecule is C#CCOc1nc2c(-c3ccc(F)c(F)c3)c(C(C)C)nn2c(=O)[nH]1. The van der Waals surface area contributed by atoms with Crippen LogP contribution in [0, 0.1) is 24.0 Å². The van der Waals surface area contributed by atoms with Crippen molar-refractivity contribution in [3.63, 3.8) is 0 Å². The fourth-order valence-corrected chi connectivity index (χ4v) is 2.45. The maximum absolute atomic E-state index is 13.7. The second kappa shape index (κ2) is 6.36.